The lowest BCUT2D eigenvalue weighted by Gasteiger charge is -2.11. The van der Waals surface area contributed by atoms with Gasteiger partial charge in [0.25, 0.3) is 0 Å². The highest BCUT2D eigenvalue weighted by molar-refractivity contribution is 5.01. The van der Waals surface area contributed by atoms with Gasteiger partial charge < -0.3 is 9.73 Å². The molecule has 1 N–H and O–H groups in total. The van der Waals surface area contributed by atoms with Crippen molar-refractivity contribution in [2.24, 2.45) is 5.92 Å². The molecule has 1 aromatic rings. The van der Waals surface area contributed by atoms with E-state index in [0.717, 1.165) is 24.1 Å². The van der Waals surface area contributed by atoms with E-state index in [2.05, 4.69) is 19.2 Å². The molecule has 0 amide bonds. The minimum atomic E-state index is 0.530. The van der Waals surface area contributed by atoms with Gasteiger partial charge >= 0.3 is 0 Å². The summed E-state index contributed by atoms with van der Waals surface area (Å²) in [7, 11) is 0. The summed E-state index contributed by atoms with van der Waals surface area (Å²) in [6.07, 6.45) is 5.41. The molecule has 0 aliphatic heterocycles. The predicted molar refractivity (Wildman–Crippen MR) is 57.2 cm³/mol. The van der Waals surface area contributed by atoms with E-state index < -0.39 is 0 Å². The third-order valence-corrected chi connectivity index (χ3v) is 3.03. The first-order valence-corrected chi connectivity index (χ1v) is 5.58. The van der Waals surface area contributed by atoms with Crippen molar-refractivity contribution in [2.45, 2.75) is 45.2 Å². The Kier molecular flexibility index (Phi) is 2.92. The monoisotopic (exact) mass is 193 g/mol. The van der Waals surface area contributed by atoms with Crippen LogP contribution in [0.5, 0.6) is 0 Å². The molecule has 2 nitrogen and oxygen atoms in total. The number of nitrogens with one attached hydrogen (secondary N) is 1. The average Bonchev–Trinajstić information content (AvgIpc) is 2.69. The van der Waals surface area contributed by atoms with Gasteiger partial charge in [-0.05, 0) is 31.4 Å². The van der Waals surface area contributed by atoms with Crippen molar-refractivity contribution in [3.05, 3.63) is 24.2 Å². The molecule has 1 aliphatic carbocycles. The molecule has 0 radical (unpaired) electrons. The number of hydrogen-bond acceptors (Lipinski definition) is 2. The molecule has 78 valence electrons. The van der Waals surface area contributed by atoms with Gasteiger partial charge in [-0.3, -0.25) is 0 Å². The maximum atomic E-state index is 5.32. The summed E-state index contributed by atoms with van der Waals surface area (Å²) in [5, 5.41) is 3.63. The summed E-state index contributed by atoms with van der Waals surface area (Å²) in [4.78, 5) is 0. The van der Waals surface area contributed by atoms with Crippen LogP contribution in [0.3, 0.4) is 0 Å². The maximum Gasteiger partial charge on any atom is 0.105 e. The van der Waals surface area contributed by atoms with Gasteiger partial charge in [0.15, 0.2) is 0 Å². The Bertz CT molecular complexity index is 268. The number of rotatable bonds is 5. The molecule has 1 aromatic heterocycles. The van der Waals surface area contributed by atoms with Crippen molar-refractivity contribution in [3.63, 3.8) is 0 Å². The van der Waals surface area contributed by atoms with Crippen LogP contribution in [0.15, 0.2) is 22.8 Å². The van der Waals surface area contributed by atoms with Gasteiger partial charge in [0.1, 0.15) is 5.76 Å². The lowest BCUT2D eigenvalue weighted by atomic mass is 10.2. The molecule has 0 spiro atoms. The molecule has 0 aromatic carbocycles. The second kappa shape index (κ2) is 4.18. The summed E-state index contributed by atoms with van der Waals surface area (Å²) in [5.74, 6) is 2.01. The molecule has 14 heavy (non-hydrogen) atoms. The third-order valence-electron chi connectivity index (χ3n) is 3.03. The van der Waals surface area contributed by atoms with Crippen molar-refractivity contribution in [2.75, 3.05) is 0 Å². The van der Waals surface area contributed by atoms with Crippen LogP contribution >= 0.6 is 0 Å². The van der Waals surface area contributed by atoms with Crippen LogP contribution in [0.4, 0.5) is 0 Å². The van der Waals surface area contributed by atoms with Crippen LogP contribution in [0.2, 0.25) is 0 Å². The molecular weight excluding hydrogens is 174 g/mol. The first-order chi connectivity index (χ1) is 6.79. The Morgan fingerprint density at radius 3 is 3.07 bits per heavy atom. The van der Waals surface area contributed by atoms with Gasteiger partial charge in [-0.1, -0.05) is 13.3 Å². The molecule has 1 fully saturated rings. The maximum absolute atomic E-state index is 5.32. The summed E-state index contributed by atoms with van der Waals surface area (Å²) in [5.41, 5.74) is 0. The van der Waals surface area contributed by atoms with Crippen molar-refractivity contribution >= 4 is 0 Å². The Hall–Kier alpha value is -0.760. The van der Waals surface area contributed by atoms with Crippen LogP contribution in [-0.4, -0.2) is 12.1 Å². The lowest BCUT2D eigenvalue weighted by Crippen LogP contribution is -2.30. The van der Waals surface area contributed by atoms with Crippen LogP contribution in [0.1, 0.15) is 32.4 Å². The fourth-order valence-electron chi connectivity index (χ4n) is 2.06. The molecule has 3 unspecified atom stereocenters. The minimum Gasteiger partial charge on any atom is -0.469 e. The zero-order chi connectivity index (χ0) is 9.97. The number of hydrogen-bond donors (Lipinski definition) is 1. The highest BCUT2D eigenvalue weighted by Gasteiger charge is 2.35. The predicted octanol–water partition coefficient (Wildman–Crippen LogP) is 2.60. The first kappa shape index (κ1) is 9.78. The van der Waals surface area contributed by atoms with E-state index in [-0.39, 0.29) is 0 Å². The Balaban J connectivity index is 1.72. The molecular formula is C12H19NO. The van der Waals surface area contributed by atoms with E-state index in [0.29, 0.717) is 6.04 Å². The van der Waals surface area contributed by atoms with Crippen LogP contribution in [0.25, 0.3) is 0 Å². The molecule has 0 saturated heterocycles. The SMILES string of the molecule is CCC1CC1NC(C)Cc1ccco1. The molecule has 1 aliphatic rings. The van der Waals surface area contributed by atoms with Gasteiger partial charge in [-0.15, -0.1) is 0 Å². The van der Waals surface area contributed by atoms with E-state index >= 15 is 0 Å². The first-order valence-electron chi connectivity index (χ1n) is 5.58. The van der Waals surface area contributed by atoms with E-state index in [1.165, 1.54) is 12.8 Å². The Morgan fingerprint density at radius 1 is 1.64 bits per heavy atom. The third kappa shape index (κ3) is 2.38. The Morgan fingerprint density at radius 2 is 2.50 bits per heavy atom. The zero-order valence-electron chi connectivity index (χ0n) is 8.99. The summed E-state index contributed by atoms with van der Waals surface area (Å²) in [6, 6.07) is 5.30. The van der Waals surface area contributed by atoms with E-state index in [4.69, 9.17) is 4.42 Å². The van der Waals surface area contributed by atoms with Crippen molar-refractivity contribution in [1.29, 1.82) is 0 Å². The molecule has 2 rings (SSSR count). The van der Waals surface area contributed by atoms with Gasteiger partial charge in [0, 0.05) is 18.5 Å². The second-order valence-corrected chi connectivity index (χ2v) is 4.36. The van der Waals surface area contributed by atoms with Crippen molar-refractivity contribution < 1.29 is 4.42 Å². The highest BCUT2D eigenvalue weighted by Crippen LogP contribution is 2.33. The fourth-order valence-corrected chi connectivity index (χ4v) is 2.06. The quantitative estimate of drug-likeness (QED) is 0.777. The van der Waals surface area contributed by atoms with Gasteiger partial charge in [-0.2, -0.15) is 0 Å². The van der Waals surface area contributed by atoms with E-state index in [1.54, 1.807) is 6.26 Å². The summed E-state index contributed by atoms with van der Waals surface area (Å²) in [6.45, 7) is 4.50. The Labute approximate surface area is 85.7 Å². The largest absolute Gasteiger partial charge is 0.469 e. The van der Waals surface area contributed by atoms with Crippen molar-refractivity contribution in [1.82, 2.24) is 5.32 Å². The van der Waals surface area contributed by atoms with Crippen molar-refractivity contribution in [3.8, 4) is 0 Å². The summed E-state index contributed by atoms with van der Waals surface area (Å²) >= 11 is 0. The highest BCUT2D eigenvalue weighted by atomic mass is 16.3. The molecule has 1 heterocycles. The van der Waals surface area contributed by atoms with E-state index in [9.17, 15) is 0 Å². The minimum absolute atomic E-state index is 0.530. The van der Waals surface area contributed by atoms with Crippen LogP contribution in [-0.2, 0) is 6.42 Å². The molecule has 3 atom stereocenters. The van der Waals surface area contributed by atoms with Gasteiger partial charge in [0.2, 0.25) is 0 Å². The summed E-state index contributed by atoms with van der Waals surface area (Å²) < 4.78 is 5.32. The standard InChI is InChI=1S/C12H19NO/c1-3-10-8-12(10)13-9(2)7-11-5-4-6-14-11/h4-6,9-10,12-13H,3,7-8H2,1-2H3. The normalized spacial score (nSPS) is 27.6. The topological polar surface area (TPSA) is 25.2 Å². The molecule has 0 bridgehead atoms. The molecule has 1 saturated carbocycles. The van der Waals surface area contributed by atoms with Gasteiger partial charge in [-0.25, -0.2) is 0 Å². The fraction of sp³-hybridized carbons (Fsp3) is 0.667. The van der Waals surface area contributed by atoms with Crippen LogP contribution in [0, 0.1) is 5.92 Å². The number of furan rings is 1. The smallest absolute Gasteiger partial charge is 0.105 e. The average molecular weight is 193 g/mol. The molecule has 2 heteroatoms. The van der Waals surface area contributed by atoms with Gasteiger partial charge in [0.05, 0.1) is 6.26 Å². The van der Waals surface area contributed by atoms with E-state index in [1.807, 2.05) is 12.1 Å². The second-order valence-electron chi connectivity index (χ2n) is 4.36. The van der Waals surface area contributed by atoms with Crippen LogP contribution < -0.4 is 5.32 Å². The lowest BCUT2D eigenvalue weighted by molar-refractivity contribution is 0.448. The zero-order valence-corrected chi connectivity index (χ0v) is 8.99.